The van der Waals surface area contributed by atoms with Gasteiger partial charge < -0.3 is 48.5 Å². The molecule has 0 aromatic rings. The summed E-state index contributed by atoms with van der Waals surface area (Å²) in [6.45, 7) is 17.9. The van der Waals surface area contributed by atoms with Crippen LogP contribution in [-0.2, 0) is 38.0 Å². The minimum Gasteiger partial charge on any atom is -0.481 e. The van der Waals surface area contributed by atoms with Crippen LogP contribution in [0.3, 0.4) is 0 Å². The maximum Gasteiger partial charge on any atom is 0.308 e. The van der Waals surface area contributed by atoms with Crippen LogP contribution >= 0.6 is 0 Å². The van der Waals surface area contributed by atoms with Gasteiger partial charge in [0.05, 0.1) is 59.8 Å². The van der Waals surface area contributed by atoms with Crippen molar-refractivity contribution in [2.75, 3.05) is 14.2 Å². The van der Waals surface area contributed by atoms with E-state index in [-0.39, 0.29) is 60.1 Å². The highest BCUT2D eigenvalue weighted by molar-refractivity contribution is 5.70. The Labute approximate surface area is 287 Å². The molecule has 5 aliphatic heterocycles. The molecule has 5 fully saturated rings. The minimum absolute atomic E-state index is 0.00335. The molecule has 18 atom stereocenters. The number of methoxy groups -OCH3 is 2. The van der Waals surface area contributed by atoms with Gasteiger partial charge in [0.25, 0.3) is 0 Å². The summed E-state index contributed by atoms with van der Waals surface area (Å²) in [6.07, 6.45) is 2.04. The molecular weight excluding hydrogens is 620 g/mol. The molecular formula is C37H64O11. The lowest BCUT2D eigenvalue weighted by atomic mass is 9.74. The first kappa shape index (κ1) is 38.3. The van der Waals surface area contributed by atoms with Gasteiger partial charge in [-0.05, 0) is 65.2 Å². The van der Waals surface area contributed by atoms with Crippen LogP contribution in [-0.4, -0.2) is 107 Å². The molecule has 1 unspecified atom stereocenters. The van der Waals surface area contributed by atoms with Crippen molar-refractivity contribution in [3.8, 4) is 0 Å². The van der Waals surface area contributed by atoms with Gasteiger partial charge in [-0.2, -0.15) is 0 Å². The van der Waals surface area contributed by atoms with Crippen LogP contribution in [0.1, 0.15) is 107 Å². The fourth-order valence-electron chi connectivity index (χ4n) is 10.4. The molecule has 5 rings (SSSR count). The minimum atomic E-state index is -1.48. The summed E-state index contributed by atoms with van der Waals surface area (Å²) >= 11 is 0. The first-order valence-corrected chi connectivity index (χ1v) is 18.5. The first-order valence-electron chi connectivity index (χ1n) is 18.5. The Balaban J connectivity index is 1.28. The molecule has 0 amide bonds. The van der Waals surface area contributed by atoms with Crippen molar-refractivity contribution >= 4 is 5.97 Å². The smallest absolute Gasteiger partial charge is 0.308 e. The number of rotatable bonds is 11. The normalized spacial score (nSPS) is 50.5. The quantitative estimate of drug-likeness (QED) is 0.273. The fourth-order valence-corrected chi connectivity index (χ4v) is 10.4. The molecule has 0 saturated carbocycles. The molecule has 0 aromatic carbocycles. The number of carboxylic acid groups (broad SMARTS) is 1. The van der Waals surface area contributed by atoms with Gasteiger partial charge in [0.2, 0.25) is 0 Å². The summed E-state index contributed by atoms with van der Waals surface area (Å²) in [4.78, 5) is 11.9. The predicted molar refractivity (Wildman–Crippen MR) is 177 cm³/mol. The predicted octanol–water partition coefficient (Wildman–Crippen LogP) is 4.93. The van der Waals surface area contributed by atoms with Crippen molar-refractivity contribution in [3.05, 3.63) is 0 Å². The third-order valence-corrected chi connectivity index (χ3v) is 13.3. The Hall–Kier alpha value is -0.890. The molecule has 5 heterocycles. The Kier molecular flexibility index (Phi) is 11.1. The second kappa shape index (κ2) is 13.9. The summed E-state index contributed by atoms with van der Waals surface area (Å²) in [5, 5.41) is 32.3. The van der Waals surface area contributed by atoms with Crippen molar-refractivity contribution in [3.63, 3.8) is 0 Å². The molecule has 278 valence electrons. The summed E-state index contributed by atoms with van der Waals surface area (Å²) in [7, 11) is 3.28. The number of carbonyl (C=O) groups is 1. The van der Waals surface area contributed by atoms with E-state index in [4.69, 9.17) is 33.2 Å². The first-order chi connectivity index (χ1) is 22.4. The highest BCUT2D eigenvalue weighted by atomic mass is 16.7. The fraction of sp³-hybridized carbons (Fsp3) is 0.973. The molecule has 3 N–H and O–H groups in total. The molecule has 5 aliphatic rings. The van der Waals surface area contributed by atoms with Crippen LogP contribution in [0.5, 0.6) is 0 Å². The van der Waals surface area contributed by atoms with Gasteiger partial charge in [-0.25, -0.2) is 0 Å². The van der Waals surface area contributed by atoms with Crippen LogP contribution in [0.2, 0.25) is 0 Å². The van der Waals surface area contributed by atoms with E-state index in [1.807, 2.05) is 27.7 Å². The Bertz CT molecular complexity index is 1140. The number of aliphatic hydroxyl groups excluding tert-OH is 1. The van der Waals surface area contributed by atoms with Crippen molar-refractivity contribution in [1.82, 2.24) is 0 Å². The van der Waals surface area contributed by atoms with E-state index in [1.54, 1.807) is 21.1 Å². The topological polar surface area (TPSA) is 142 Å². The van der Waals surface area contributed by atoms with Gasteiger partial charge in [0.1, 0.15) is 6.10 Å². The van der Waals surface area contributed by atoms with E-state index in [9.17, 15) is 20.1 Å². The van der Waals surface area contributed by atoms with Gasteiger partial charge >= 0.3 is 5.97 Å². The van der Waals surface area contributed by atoms with E-state index in [1.165, 1.54) is 0 Å². The van der Waals surface area contributed by atoms with Gasteiger partial charge in [-0.15, -0.1) is 0 Å². The van der Waals surface area contributed by atoms with Crippen molar-refractivity contribution in [2.45, 2.75) is 179 Å². The van der Waals surface area contributed by atoms with Gasteiger partial charge in [-0.1, -0.05) is 41.5 Å². The lowest BCUT2D eigenvalue weighted by molar-refractivity contribution is -0.346. The summed E-state index contributed by atoms with van der Waals surface area (Å²) in [6, 6.07) is 0. The lowest BCUT2D eigenvalue weighted by Gasteiger charge is -2.52. The molecule has 0 aliphatic carbocycles. The zero-order valence-electron chi connectivity index (χ0n) is 31.1. The third-order valence-electron chi connectivity index (χ3n) is 13.3. The van der Waals surface area contributed by atoms with Crippen LogP contribution in [0.25, 0.3) is 0 Å². The highest BCUT2D eigenvalue weighted by Crippen LogP contribution is 2.54. The van der Waals surface area contributed by atoms with Crippen LogP contribution < -0.4 is 0 Å². The van der Waals surface area contributed by atoms with Gasteiger partial charge in [0, 0.05) is 44.3 Å². The maximum absolute atomic E-state index is 11.9. The standard InChI is InChI=1S/C37H64O11/c1-12-27(38)35(9)18-20(3)37(41,48-35)28-17-19(2)32(44-28)34(8)15-13-25(45-34)26-14-16-36(46-26)24(7)31(43-11)22(5)30(47-36)21(4)29(42-10)23(6)33(39)40/h19-32,38,41H,12-18H2,1-11H3,(H,39,40)/t19-,20-,21-,22-,23-,24+,25+,26-,27+,28+,29+,30?,31+,32+,34+,35-,36-,37-/m0/s1. The van der Waals surface area contributed by atoms with Crippen LogP contribution in [0.4, 0.5) is 0 Å². The molecule has 0 bridgehead atoms. The SMILES string of the molecule is CC[C@@H](O)[C@]1(C)C[C@H](C)[C@@](O)([C@H]2C[C@H](C)[C@H]([C@@]3(C)CC[C@H]([C@@H]4CC[C@@]5(OC([C@@H](C)[C@@H](OC)[C@H](C)C(=O)O)[C@H](C)[C@@H](OC)[C@H]5C)O4)O3)O2)O1. The van der Waals surface area contributed by atoms with Crippen molar-refractivity contribution < 1.29 is 53.3 Å². The van der Waals surface area contributed by atoms with E-state index in [2.05, 4.69) is 27.7 Å². The summed E-state index contributed by atoms with van der Waals surface area (Å²) in [5.74, 6) is -4.30. The lowest BCUT2D eigenvalue weighted by Crippen LogP contribution is -2.60. The maximum atomic E-state index is 11.9. The second-order valence-corrected chi connectivity index (χ2v) is 16.6. The number of hydrogen-bond acceptors (Lipinski definition) is 10. The molecule has 48 heavy (non-hydrogen) atoms. The Morgan fingerprint density at radius 1 is 1.00 bits per heavy atom. The van der Waals surface area contributed by atoms with Crippen molar-refractivity contribution in [2.24, 2.45) is 35.5 Å². The van der Waals surface area contributed by atoms with Crippen LogP contribution in [0.15, 0.2) is 0 Å². The number of ether oxygens (including phenoxy) is 7. The third kappa shape index (κ3) is 6.40. The van der Waals surface area contributed by atoms with Gasteiger partial charge in [0.15, 0.2) is 11.6 Å². The van der Waals surface area contributed by atoms with E-state index < -0.39 is 53.0 Å². The molecule has 0 radical (unpaired) electrons. The van der Waals surface area contributed by atoms with Crippen LogP contribution in [0, 0.1) is 35.5 Å². The zero-order valence-corrected chi connectivity index (χ0v) is 31.1. The monoisotopic (exact) mass is 684 g/mol. The molecule has 5 saturated heterocycles. The zero-order chi connectivity index (χ0) is 35.6. The number of hydrogen-bond donors (Lipinski definition) is 3. The average Bonchev–Trinajstić information content (AvgIpc) is 3.80. The molecule has 11 heteroatoms. The Morgan fingerprint density at radius 3 is 2.25 bits per heavy atom. The van der Waals surface area contributed by atoms with E-state index >= 15 is 0 Å². The molecule has 1 spiro atoms. The highest BCUT2D eigenvalue weighted by Gasteiger charge is 2.63. The Morgan fingerprint density at radius 2 is 1.65 bits per heavy atom. The van der Waals surface area contributed by atoms with Gasteiger partial charge in [-0.3, -0.25) is 4.79 Å². The number of aliphatic hydroxyl groups is 2. The summed E-state index contributed by atoms with van der Waals surface area (Å²) < 4.78 is 45.6. The van der Waals surface area contributed by atoms with E-state index in [0.717, 1.165) is 19.3 Å². The molecule has 11 nitrogen and oxygen atoms in total. The molecule has 0 aromatic heterocycles. The number of carboxylic acids is 1. The second-order valence-electron chi connectivity index (χ2n) is 16.6. The van der Waals surface area contributed by atoms with E-state index in [0.29, 0.717) is 25.7 Å². The largest absolute Gasteiger partial charge is 0.481 e. The average molecular weight is 685 g/mol. The number of aliphatic carboxylic acids is 1. The summed E-state index contributed by atoms with van der Waals surface area (Å²) in [5.41, 5.74) is -1.39. The van der Waals surface area contributed by atoms with Crippen molar-refractivity contribution in [1.29, 1.82) is 0 Å².